The average molecular weight is 422 g/mol. The molecule has 31 heavy (non-hydrogen) atoms. The summed E-state index contributed by atoms with van der Waals surface area (Å²) in [6.45, 7) is -0.844. The first-order chi connectivity index (χ1) is 14.9. The predicted molar refractivity (Wildman–Crippen MR) is 112 cm³/mol. The van der Waals surface area contributed by atoms with Crippen LogP contribution < -0.4 is 9.64 Å². The molecule has 0 N–H and O–H groups in total. The number of anilines is 1. The zero-order chi connectivity index (χ0) is 21.6. The van der Waals surface area contributed by atoms with Gasteiger partial charge in [0, 0.05) is 23.3 Å². The van der Waals surface area contributed by atoms with E-state index in [1.807, 2.05) is 12.1 Å². The highest BCUT2D eigenvalue weighted by Gasteiger charge is 2.45. The lowest BCUT2D eigenvalue weighted by Gasteiger charge is -2.40. The average Bonchev–Trinajstić information content (AvgIpc) is 2.77. The van der Waals surface area contributed by atoms with Crippen LogP contribution in [0.25, 0.3) is 33.4 Å². The third-order valence-electron chi connectivity index (χ3n) is 5.21. The lowest BCUT2D eigenvalue weighted by molar-refractivity contribution is -0.0265. The highest BCUT2D eigenvalue weighted by atomic mass is 19.3. The maximum atomic E-state index is 13.7. The van der Waals surface area contributed by atoms with Gasteiger partial charge in [0.15, 0.2) is 5.82 Å². The molecule has 8 heteroatoms. The van der Waals surface area contributed by atoms with Gasteiger partial charge in [-0.15, -0.1) is 0 Å². The summed E-state index contributed by atoms with van der Waals surface area (Å²) < 4.78 is 46.3. The van der Waals surface area contributed by atoms with E-state index in [0.29, 0.717) is 33.9 Å². The van der Waals surface area contributed by atoms with Crippen molar-refractivity contribution in [1.29, 1.82) is 0 Å². The van der Waals surface area contributed by atoms with Gasteiger partial charge in [0.1, 0.15) is 22.9 Å². The Labute approximate surface area is 176 Å². The molecule has 0 spiro atoms. The molecule has 3 heterocycles. The fraction of sp³-hybridized carbons (Fsp3) is 0.174. The smallest absolute Gasteiger partial charge is 0.282 e. The van der Waals surface area contributed by atoms with Gasteiger partial charge in [0.25, 0.3) is 5.92 Å². The van der Waals surface area contributed by atoms with E-state index in [2.05, 4.69) is 15.0 Å². The molecule has 1 saturated heterocycles. The topological polar surface area (TPSA) is 51.1 Å². The number of hydrogen-bond acceptors (Lipinski definition) is 5. The van der Waals surface area contributed by atoms with Crippen LogP contribution in [-0.2, 0) is 0 Å². The zero-order valence-corrected chi connectivity index (χ0v) is 16.5. The Hall–Kier alpha value is -3.68. The molecule has 5 nitrogen and oxygen atoms in total. The maximum absolute atomic E-state index is 13.7. The summed E-state index contributed by atoms with van der Waals surface area (Å²) >= 11 is 0. The summed E-state index contributed by atoms with van der Waals surface area (Å²) in [6.07, 6.45) is 3.26. The summed E-state index contributed by atoms with van der Waals surface area (Å²) in [7, 11) is 1.52. The van der Waals surface area contributed by atoms with Gasteiger partial charge in [-0.05, 0) is 47.5 Å². The predicted octanol–water partition coefficient (Wildman–Crippen LogP) is 4.96. The number of ether oxygens (including phenoxy) is 1. The molecule has 0 atom stereocenters. The van der Waals surface area contributed by atoms with Crippen LogP contribution in [0.2, 0.25) is 0 Å². The molecule has 0 saturated carbocycles. The van der Waals surface area contributed by atoms with Gasteiger partial charge in [-0.3, -0.25) is 4.98 Å². The van der Waals surface area contributed by atoms with Gasteiger partial charge in [-0.25, -0.2) is 23.1 Å². The monoisotopic (exact) mass is 422 g/mol. The summed E-state index contributed by atoms with van der Waals surface area (Å²) in [5.41, 5.74) is 2.68. The van der Waals surface area contributed by atoms with Gasteiger partial charge < -0.3 is 9.64 Å². The number of aromatic nitrogens is 3. The lowest BCUT2D eigenvalue weighted by Crippen LogP contribution is -2.56. The maximum Gasteiger partial charge on any atom is 0.282 e. The largest absolute Gasteiger partial charge is 0.494 e. The van der Waals surface area contributed by atoms with Crippen molar-refractivity contribution in [2.45, 2.75) is 5.92 Å². The Bertz CT molecular complexity index is 1260. The number of nitrogens with zero attached hydrogens (tertiary/aromatic N) is 4. The fourth-order valence-corrected chi connectivity index (χ4v) is 3.68. The Morgan fingerprint density at radius 1 is 0.968 bits per heavy atom. The lowest BCUT2D eigenvalue weighted by atomic mass is 10.0. The number of rotatable bonds is 4. The number of pyridine rings is 1. The van der Waals surface area contributed by atoms with Crippen LogP contribution in [0.3, 0.4) is 0 Å². The van der Waals surface area contributed by atoms with Crippen LogP contribution in [-0.4, -0.2) is 41.1 Å². The molecule has 4 aromatic rings. The molecular weight excluding hydrogens is 405 g/mol. The van der Waals surface area contributed by atoms with Crippen molar-refractivity contribution in [3.05, 3.63) is 66.7 Å². The second kappa shape index (κ2) is 7.23. The first-order valence-corrected chi connectivity index (χ1v) is 9.62. The van der Waals surface area contributed by atoms with Crippen molar-refractivity contribution in [1.82, 2.24) is 15.0 Å². The molecule has 0 radical (unpaired) electrons. The minimum Gasteiger partial charge on any atom is -0.494 e. The van der Waals surface area contributed by atoms with Crippen LogP contribution in [0.5, 0.6) is 5.75 Å². The first-order valence-electron chi connectivity index (χ1n) is 9.62. The molecule has 0 aliphatic carbocycles. The van der Waals surface area contributed by atoms with Crippen molar-refractivity contribution in [2.75, 3.05) is 25.1 Å². The SMILES string of the molecule is COc1cc(-c2ccc(F)cc2)cc2c(N3CC(F)(F)C3)nc(-c3cccnc3)nc12. The van der Waals surface area contributed by atoms with Crippen LogP contribution in [0.1, 0.15) is 0 Å². The van der Waals surface area contributed by atoms with Gasteiger partial charge in [-0.2, -0.15) is 0 Å². The molecule has 2 aromatic heterocycles. The van der Waals surface area contributed by atoms with Gasteiger partial charge >= 0.3 is 0 Å². The summed E-state index contributed by atoms with van der Waals surface area (Å²) in [5, 5.41) is 0.585. The van der Waals surface area contributed by atoms with E-state index in [4.69, 9.17) is 4.74 Å². The zero-order valence-electron chi connectivity index (χ0n) is 16.5. The Morgan fingerprint density at radius 2 is 1.74 bits per heavy atom. The standard InChI is InChI=1S/C23H17F3N4O/c1-31-19-10-16(14-4-6-17(24)7-5-14)9-18-20(19)28-21(15-3-2-8-27-11-15)29-22(18)30-12-23(25,26)13-30/h2-11H,12-13H2,1H3. The van der Waals surface area contributed by atoms with Crippen LogP contribution in [0.15, 0.2) is 60.9 Å². The van der Waals surface area contributed by atoms with Gasteiger partial charge in [0.05, 0.1) is 20.2 Å². The second-order valence-electron chi connectivity index (χ2n) is 7.41. The van der Waals surface area contributed by atoms with Crippen LogP contribution in [0.4, 0.5) is 19.0 Å². The van der Waals surface area contributed by atoms with E-state index in [1.165, 1.54) is 24.1 Å². The van der Waals surface area contributed by atoms with E-state index < -0.39 is 19.0 Å². The molecule has 1 fully saturated rings. The van der Waals surface area contributed by atoms with Crippen LogP contribution >= 0.6 is 0 Å². The fourth-order valence-electron chi connectivity index (χ4n) is 3.68. The molecule has 0 unspecified atom stereocenters. The number of benzene rings is 2. The van der Waals surface area contributed by atoms with Crippen LogP contribution in [0, 0.1) is 5.82 Å². The number of fused-ring (bicyclic) bond motifs is 1. The van der Waals surface area contributed by atoms with E-state index >= 15 is 0 Å². The van der Waals surface area contributed by atoms with E-state index in [-0.39, 0.29) is 5.82 Å². The molecule has 2 aromatic carbocycles. The Balaban J connectivity index is 1.74. The number of halogens is 3. The van der Waals surface area contributed by atoms with E-state index in [1.54, 1.807) is 36.7 Å². The van der Waals surface area contributed by atoms with E-state index in [9.17, 15) is 13.2 Å². The van der Waals surface area contributed by atoms with Crippen molar-refractivity contribution in [3.63, 3.8) is 0 Å². The third kappa shape index (κ3) is 3.54. The summed E-state index contributed by atoms with van der Waals surface area (Å²) in [6, 6.07) is 13.2. The quantitative estimate of drug-likeness (QED) is 0.465. The highest BCUT2D eigenvalue weighted by Crippen LogP contribution is 2.40. The van der Waals surface area contributed by atoms with E-state index in [0.717, 1.165) is 11.1 Å². The van der Waals surface area contributed by atoms with Crippen molar-refractivity contribution >= 4 is 16.7 Å². The molecule has 156 valence electrons. The van der Waals surface area contributed by atoms with Gasteiger partial charge in [-0.1, -0.05) is 12.1 Å². The Morgan fingerprint density at radius 3 is 2.39 bits per heavy atom. The molecule has 5 rings (SSSR count). The normalized spacial score (nSPS) is 15.0. The third-order valence-corrected chi connectivity index (χ3v) is 5.21. The van der Waals surface area contributed by atoms with Crippen molar-refractivity contribution in [2.24, 2.45) is 0 Å². The van der Waals surface area contributed by atoms with Crippen molar-refractivity contribution < 1.29 is 17.9 Å². The number of alkyl halides is 2. The van der Waals surface area contributed by atoms with Crippen molar-refractivity contribution in [3.8, 4) is 28.3 Å². The van der Waals surface area contributed by atoms with Gasteiger partial charge in [0.2, 0.25) is 0 Å². The molecule has 0 amide bonds. The summed E-state index contributed by atoms with van der Waals surface area (Å²) in [4.78, 5) is 14.9. The highest BCUT2D eigenvalue weighted by molar-refractivity contribution is 5.98. The number of methoxy groups -OCH3 is 1. The first kappa shape index (κ1) is 19.3. The Kier molecular flexibility index (Phi) is 4.50. The molecule has 1 aliphatic rings. The minimum absolute atomic E-state index is 0.343. The molecular formula is C23H17F3N4O. The minimum atomic E-state index is -2.76. The summed E-state index contributed by atoms with van der Waals surface area (Å²) in [5.74, 6) is -1.86. The second-order valence-corrected chi connectivity index (χ2v) is 7.41. The molecule has 0 bridgehead atoms. The number of hydrogen-bond donors (Lipinski definition) is 0. The molecule has 1 aliphatic heterocycles.